The summed E-state index contributed by atoms with van der Waals surface area (Å²) in [5.41, 5.74) is 25.7. The van der Waals surface area contributed by atoms with Crippen LogP contribution in [0.2, 0.25) is 0 Å². The van der Waals surface area contributed by atoms with Gasteiger partial charge in [0.25, 0.3) is 0 Å². The highest BCUT2D eigenvalue weighted by Gasteiger charge is 2.28. The van der Waals surface area contributed by atoms with Crippen molar-refractivity contribution in [1.29, 1.82) is 0 Å². The van der Waals surface area contributed by atoms with Gasteiger partial charge in [0.15, 0.2) is 0 Å². The second-order valence-corrected chi connectivity index (χ2v) is 39.8. The zero-order chi connectivity index (χ0) is 85.3. The first kappa shape index (κ1) is 95.6. The molecule has 0 bridgehead atoms. The number of nitrogens with zero attached hydrogens (tertiary/aromatic N) is 2. The van der Waals surface area contributed by atoms with E-state index < -0.39 is 86.5 Å². The first-order chi connectivity index (χ1) is 53.9. The number of sulfone groups is 4. The SMILES string of the molecule is CC(C(=O)O)c1ccc(CCS(C)(=O)=O)c(F)c1.CCOC(=O)C(C)c1ccc(CCS(C)(=O)=O)c(F)c1.CS(=O)(=O)CCc1ccc(Br)cc1F.Cc1cccc(-c2nc(C3CC3)ccc2CCC(=O)C(C)c2ccc(CCS(C)(=O)=O)c(F)c2)c1.Cc1cccc(-c2nc(C3CC3)ccc2CN)c1.NCc1ccc(Br)cc1F. The van der Waals surface area contributed by atoms with Crippen LogP contribution in [0.15, 0.2) is 173 Å². The Morgan fingerprint density at radius 2 is 0.774 bits per heavy atom. The average molecular weight is 1790 g/mol. The maximum Gasteiger partial charge on any atom is 0.313 e. The predicted molar refractivity (Wildman–Crippen MR) is 452 cm³/mol. The molecule has 11 rings (SSSR count). The molecular formula is C87H101Br2F5N4O13S4. The van der Waals surface area contributed by atoms with Gasteiger partial charge < -0.3 is 21.3 Å². The van der Waals surface area contributed by atoms with Crippen LogP contribution in [0.25, 0.3) is 22.5 Å². The number of ketones is 1. The Bertz CT molecular complexity index is 5350. The van der Waals surface area contributed by atoms with Gasteiger partial charge in [-0.15, -0.1) is 0 Å². The van der Waals surface area contributed by atoms with Crippen LogP contribution >= 0.6 is 31.9 Å². The van der Waals surface area contributed by atoms with Gasteiger partial charge in [0.2, 0.25) is 0 Å². The summed E-state index contributed by atoms with van der Waals surface area (Å²) in [6.07, 6.45) is 10.9. The maximum absolute atomic E-state index is 14.6. The number of ether oxygens (including phenoxy) is 1. The summed E-state index contributed by atoms with van der Waals surface area (Å²) >= 11 is 6.27. The smallest absolute Gasteiger partial charge is 0.313 e. The van der Waals surface area contributed by atoms with E-state index in [-0.39, 0.29) is 84.8 Å². The number of carbonyl (C=O) groups is 3. The quantitative estimate of drug-likeness (QED) is 0.0303. The summed E-state index contributed by atoms with van der Waals surface area (Å²) in [6.45, 7) is 11.8. The second-order valence-electron chi connectivity index (χ2n) is 28.9. The lowest BCUT2D eigenvalue weighted by atomic mass is 9.91. The van der Waals surface area contributed by atoms with Crippen molar-refractivity contribution in [2.45, 2.75) is 148 Å². The van der Waals surface area contributed by atoms with Crippen LogP contribution in [-0.4, -0.2) is 121 Å². The molecule has 115 heavy (non-hydrogen) atoms. The third-order valence-corrected chi connectivity index (χ3v) is 23.6. The molecule has 0 radical (unpaired) electrons. The summed E-state index contributed by atoms with van der Waals surface area (Å²) in [7, 11) is -12.5. The van der Waals surface area contributed by atoms with E-state index in [0.29, 0.717) is 74.6 Å². The third kappa shape index (κ3) is 33.4. The van der Waals surface area contributed by atoms with Gasteiger partial charge in [-0.05, 0) is 209 Å². The zero-order valence-electron chi connectivity index (χ0n) is 66.2. The fourth-order valence-corrected chi connectivity index (χ4v) is 14.6. The minimum atomic E-state index is -3.17. The summed E-state index contributed by atoms with van der Waals surface area (Å²) in [4.78, 5) is 45.2. The Morgan fingerprint density at radius 1 is 0.443 bits per heavy atom. The van der Waals surface area contributed by atoms with Crippen LogP contribution in [0.4, 0.5) is 22.0 Å². The third-order valence-electron chi connectivity index (χ3n) is 18.9. The summed E-state index contributed by atoms with van der Waals surface area (Å²) < 4.78 is 163. The summed E-state index contributed by atoms with van der Waals surface area (Å²) in [6, 6.07) is 47.9. The minimum absolute atomic E-state index is 0.0223. The fourth-order valence-electron chi connectivity index (χ4n) is 11.6. The molecule has 17 nitrogen and oxygen atoms in total. The van der Waals surface area contributed by atoms with E-state index in [1.165, 1.54) is 97.5 Å². The highest BCUT2D eigenvalue weighted by Crippen LogP contribution is 2.42. The molecule has 2 fully saturated rings. The Hall–Kier alpha value is -8.22. The van der Waals surface area contributed by atoms with Crippen LogP contribution in [0.1, 0.15) is 168 Å². The van der Waals surface area contributed by atoms with E-state index in [4.69, 9.17) is 31.3 Å². The number of carboxylic acids is 1. The van der Waals surface area contributed by atoms with Crippen molar-refractivity contribution in [3.8, 4) is 22.5 Å². The van der Waals surface area contributed by atoms with Crippen LogP contribution < -0.4 is 11.5 Å². The number of aliphatic carboxylic acids is 1. The molecule has 0 spiro atoms. The van der Waals surface area contributed by atoms with E-state index in [1.54, 1.807) is 63.2 Å². The number of aromatic nitrogens is 2. The molecule has 0 amide bonds. The minimum Gasteiger partial charge on any atom is -0.481 e. The number of rotatable bonds is 28. The normalized spacial score (nSPS) is 13.4. The highest BCUT2D eigenvalue weighted by molar-refractivity contribution is 9.10. The predicted octanol–water partition coefficient (Wildman–Crippen LogP) is 17.3. The number of esters is 1. The van der Waals surface area contributed by atoms with Gasteiger partial charge in [0.05, 0.1) is 52.8 Å². The molecule has 7 aromatic carbocycles. The van der Waals surface area contributed by atoms with Gasteiger partial charge in [-0.1, -0.05) is 147 Å². The highest BCUT2D eigenvalue weighted by atomic mass is 79.9. The number of carboxylic acid groups (broad SMARTS) is 1. The van der Waals surface area contributed by atoms with Crippen molar-refractivity contribution in [2.24, 2.45) is 11.5 Å². The van der Waals surface area contributed by atoms with Gasteiger partial charge in [0, 0.05) is 99.3 Å². The molecule has 5 N–H and O–H groups in total. The molecule has 2 aromatic heterocycles. The van der Waals surface area contributed by atoms with E-state index >= 15 is 0 Å². The number of pyridine rings is 2. The van der Waals surface area contributed by atoms with Crippen LogP contribution in [-0.2, 0) is 104 Å². The van der Waals surface area contributed by atoms with E-state index in [1.807, 2.05) is 6.07 Å². The number of hydrogen-bond donors (Lipinski definition) is 3. The molecule has 3 atom stereocenters. The first-order valence-corrected chi connectivity index (χ1v) is 47.2. The topological polar surface area (TPSA) is 295 Å². The molecule has 9 aromatic rings. The number of carbonyl (C=O) groups excluding carboxylic acids is 2. The van der Waals surface area contributed by atoms with Crippen molar-refractivity contribution < 1.29 is 79.9 Å². The number of nitrogens with two attached hydrogens (primary N) is 2. The summed E-state index contributed by atoms with van der Waals surface area (Å²) in [5.74, 6) is -4.46. The van der Waals surface area contributed by atoms with Crippen LogP contribution in [0, 0.1) is 42.9 Å². The van der Waals surface area contributed by atoms with Crippen molar-refractivity contribution >= 4 is 88.9 Å². The van der Waals surface area contributed by atoms with E-state index in [0.717, 1.165) is 69.3 Å². The molecular weight excluding hydrogens is 1690 g/mol. The lowest BCUT2D eigenvalue weighted by molar-refractivity contribution is -0.144. The Balaban J connectivity index is 0.000000225. The zero-order valence-corrected chi connectivity index (χ0v) is 72.6. The van der Waals surface area contributed by atoms with Gasteiger partial charge in [-0.2, -0.15) is 0 Å². The van der Waals surface area contributed by atoms with Gasteiger partial charge in [0.1, 0.15) is 74.2 Å². The molecule has 2 saturated carbocycles. The molecule has 0 saturated heterocycles. The number of benzene rings is 7. The molecule has 28 heteroatoms. The number of hydrogen-bond acceptors (Lipinski definition) is 16. The van der Waals surface area contributed by atoms with Gasteiger partial charge in [-0.3, -0.25) is 24.4 Å². The lowest BCUT2D eigenvalue weighted by Crippen LogP contribution is -2.13. The standard InChI is InChI=1S/C29H32FNO3S.C16H18N2.C14H19FO4S.C12H15FO4S.C9H10BrFO2S.C7H7BrFN/c1-19-5-4-6-25(17-19)29-23(11-13-27(31-29)22-8-9-22)12-14-28(32)20(2)24-10-7-21(26(30)18-24)15-16-35(3,33)34;1-11-3-2-4-13(9-11)16-14(10-17)7-8-15(18-16)12-5-6-12;1-4-19-14(16)10(2)12-6-5-11(13(15)9-12)7-8-20(3,17)18;1-8(12(14)15)10-4-3-9(11(13)7-10)5-6-18(2,16)17;1-14(12,13)5-4-7-2-3-8(10)6-9(7)11;8-6-2-1-5(4-10)7(9)3-6/h4-7,10-11,13,17-18,20,22H,8-9,12,14-16H2,1-3H3;2-4,7-9,12H,5-6,10,17H2,1H3;5-6,9-10H,4,7-8H2,1-3H3;3-4,7-8H,5-6H2,1-2H3,(H,14,15);2-3,6H,4-5H2,1H3;1-3H,4,10H2. The number of aryl methyl sites for hydroxylation is 7. The Kier molecular flexibility index (Phi) is 36.9. The van der Waals surface area contributed by atoms with Crippen molar-refractivity contribution in [3.05, 3.63) is 280 Å². The molecule has 620 valence electrons. The first-order valence-electron chi connectivity index (χ1n) is 37.3. The Labute approximate surface area is 690 Å². The largest absolute Gasteiger partial charge is 0.481 e. The number of Topliss-reactive ketones (excluding diaryl/α,β-unsaturated/α-hetero) is 1. The van der Waals surface area contributed by atoms with E-state index in [9.17, 15) is 70.0 Å². The van der Waals surface area contributed by atoms with Gasteiger partial charge in [-0.25, -0.2) is 55.6 Å². The lowest BCUT2D eigenvalue weighted by Gasteiger charge is -2.15. The molecule has 0 aliphatic heterocycles. The number of halogens is 7. The van der Waals surface area contributed by atoms with Gasteiger partial charge >= 0.3 is 11.9 Å². The average Bonchev–Trinajstić information content (AvgIpc) is 1.77. The second kappa shape index (κ2) is 44.4. The van der Waals surface area contributed by atoms with Crippen LogP contribution in [0.5, 0.6) is 0 Å². The molecule has 3 unspecified atom stereocenters. The molecule has 2 heterocycles. The molecule has 2 aliphatic carbocycles. The fraction of sp³-hybridized carbons (Fsp3) is 0.368. The van der Waals surface area contributed by atoms with Crippen LogP contribution in [0.3, 0.4) is 0 Å². The monoisotopic (exact) mass is 1790 g/mol. The van der Waals surface area contributed by atoms with Crippen molar-refractivity contribution in [2.75, 3.05) is 54.6 Å². The maximum atomic E-state index is 14.6. The summed E-state index contributed by atoms with van der Waals surface area (Å²) in [5, 5.41) is 8.80. The molecule has 2 aliphatic rings. The Morgan fingerprint density at radius 3 is 1.10 bits per heavy atom. The van der Waals surface area contributed by atoms with Crippen molar-refractivity contribution in [1.82, 2.24) is 9.97 Å². The van der Waals surface area contributed by atoms with Crippen molar-refractivity contribution in [3.63, 3.8) is 0 Å². The van der Waals surface area contributed by atoms with E-state index in [2.05, 4.69) is 112 Å².